The molecule has 1 saturated carbocycles. The van der Waals surface area contributed by atoms with Gasteiger partial charge in [0.1, 0.15) is 11.9 Å². The van der Waals surface area contributed by atoms with E-state index in [0.29, 0.717) is 5.92 Å². The number of ether oxygens (including phenoxy) is 2. The summed E-state index contributed by atoms with van der Waals surface area (Å²) in [6, 6.07) is 8.13. The van der Waals surface area contributed by atoms with Gasteiger partial charge in [-0.05, 0) is 49.3 Å². The maximum Gasteiger partial charge on any atom is 0.302 e. The molecule has 2 atom stereocenters. The Morgan fingerprint density at radius 3 is 2.61 bits per heavy atom. The van der Waals surface area contributed by atoms with Crippen LogP contribution in [-0.2, 0) is 16.0 Å². The minimum atomic E-state index is -0.165. The Bertz CT molecular complexity index is 397. The molecule has 1 aliphatic rings. The predicted octanol–water partition coefficient (Wildman–Crippen LogP) is 2.97. The smallest absolute Gasteiger partial charge is 0.302 e. The normalized spacial score (nSPS) is 22.8. The van der Waals surface area contributed by atoms with Gasteiger partial charge in [0.2, 0.25) is 0 Å². The van der Waals surface area contributed by atoms with Crippen molar-refractivity contribution in [3.05, 3.63) is 29.8 Å². The molecule has 0 amide bonds. The first-order chi connectivity index (χ1) is 8.69. The molecular weight excluding hydrogens is 228 g/mol. The molecule has 18 heavy (non-hydrogen) atoms. The average Bonchev–Trinajstić information content (AvgIpc) is 2.77. The fourth-order valence-corrected chi connectivity index (χ4v) is 2.67. The van der Waals surface area contributed by atoms with E-state index in [4.69, 9.17) is 9.47 Å². The predicted molar refractivity (Wildman–Crippen MR) is 69.6 cm³/mol. The Hall–Kier alpha value is -1.51. The van der Waals surface area contributed by atoms with Gasteiger partial charge in [-0.3, -0.25) is 4.79 Å². The molecule has 1 fully saturated rings. The largest absolute Gasteiger partial charge is 0.497 e. The van der Waals surface area contributed by atoms with Crippen molar-refractivity contribution in [2.75, 3.05) is 7.11 Å². The van der Waals surface area contributed by atoms with Gasteiger partial charge in [-0.1, -0.05) is 12.1 Å². The van der Waals surface area contributed by atoms with Crippen LogP contribution >= 0.6 is 0 Å². The number of hydrogen-bond acceptors (Lipinski definition) is 3. The zero-order valence-electron chi connectivity index (χ0n) is 11.0. The summed E-state index contributed by atoms with van der Waals surface area (Å²) in [5.41, 5.74) is 1.28. The molecular formula is C15H20O3. The number of carbonyl (C=O) groups is 1. The molecule has 0 aromatic heterocycles. The van der Waals surface area contributed by atoms with Crippen LogP contribution in [0.5, 0.6) is 5.75 Å². The molecule has 0 heterocycles. The maximum absolute atomic E-state index is 11.0. The van der Waals surface area contributed by atoms with Crippen molar-refractivity contribution in [1.29, 1.82) is 0 Å². The van der Waals surface area contributed by atoms with Gasteiger partial charge < -0.3 is 9.47 Å². The minimum Gasteiger partial charge on any atom is -0.497 e. The lowest BCUT2D eigenvalue weighted by atomic mass is 9.96. The highest BCUT2D eigenvalue weighted by molar-refractivity contribution is 5.66. The molecule has 0 bridgehead atoms. The molecule has 3 nitrogen and oxygen atoms in total. The molecule has 3 heteroatoms. The standard InChI is InChI=1S/C15H20O3/c1-11(16)18-15-5-3-4-13(15)10-12-6-8-14(17-2)9-7-12/h6-9,13,15H,3-5,10H2,1-2H3/t13-,15+/m1/s1. The summed E-state index contributed by atoms with van der Waals surface area (Å²) in [5.74, 6) is 1.17. The summed E-state index contributed by atoms with van der Waals surface area (Å²) in [4.78, 5) is 11.0. The first-order valence-electron chi connectivity index (χ1n) is 6.49. The highest BCUT2D eigenvalue weighted by Crippen LogP contribution is 2.31. The zero-order valence-corrected chi connectivity index (χ0v) is 11.0. The summed E-state index contributed by atoms with van der Waals surface area (Å²) in [6.45, 7) is 1.49. The Labute approximate surface area is 108 Å². The number of benzene rings is 1. The Kier molecular flexibility index (Phi) is 4.24. The molecule has 0 N–H and O–H groups in total. The molecule has 2 rings (SSSR count). The minimum absolute atomic E-state index is 0.101. The van der Waals surface area contributed by atoms with Gasteiger partial charge in [0, 0.05) is 6.92 Å². The van der Waals surface area contributed by atoms with Crippen molar-refractivity contribution in [1.82, 2.24) is 0 Å². The molecule has 0 aliphatic heterocycles. The van der Waals surface area contributed by atoms with Crippen molar-refractivity contribution in [3.8, 4) is 5.75 Å². The van der Waals surface area contributed by atoms with Gasteiger partial charge in [-0.25, -0.2) is 0 Å². The highest BCUT2D eigenvalue weighted by Gasteiger charge is 2.29. The summed E-state index contributed by atoms with van der Waals surface area (Å²) in [7, 11) is 1.67. The first kappa shape index (κ1) is 12.9. The summed E-state index contributed by atoms with van der Waals surface area (Å²) < 4.78 is 10.5. The fraction of sp³-hybridized carbons (Fsp3) is 0.533. The molecule has 0 saturated heterocycles. The molecule has 98 valence electrons. The first-order valence-corrected chi connectivity index (χ1v) is 6.49. The molecule has 1 aliphatic carbocycles. The number of methoxy groups -OCH3 is 1. The average molecular weight is 248 g/mol. The van der Waals surface area contributed by atoms with Crippen molar-refractivity contribution < 1.29 is 14.3 Å². The Balaban J connectivity index is 1.96. The molecule has 0 radical (unpaired) electrons. The van der Waals surface area contributed by atoms with Crippen LogP contribution in [0.3, 0.4) is 0 Å². The third-order valence-corrected chi connectivity index (χ3v) is 3.56. The third-order valence-electron chi connectivity index (χ3n) is 3.56. The lowest BCUT2D eigenvalue weighted by Crippen LogP contribution is -2.22. The van der Waals surface area contributed by atoms with E-state index in [9.17, 15) is 4.79 Å². The van der Waals surface area contributed by atoms with Crippen LogP contribution in [0.15, 0.2) is 24.3 Å². The van der Waals surface area contributed by atoms with Gasteiger partial charge >= 0.3 is 5.97 Å². The van der Waals surface area contributed by atoms with E-state index in [1.165, 1.54) is 12.5 Å². The van der Waals surface area contributed by atoms with Crippen LogP contribution in [0.4, 0.5) is 0 Å². The second-order valence-electron chi connectivity index (χ2n) is 4.89. The third kappa shape index (κ3) is 3.25. The van der Waals surface area contributed by atoms with E-state index < -0.39 is 0 Å². The van der Waals surface area contributed by atoms with Crippen molar-refractivity contribution in [2.45, 2.75) is 38.7 Å². The summed E-state index contributed by atoms with van der Waals surface area (Å²) in [5, 5.41) is 0. The van der Waals surface area contributed by atoms with Gasteiger partial charge in [-0.15, -0.1) is 0 Å². The number of hydrogen-bond donors (Lipinski definition) is 0. The molecule has 0 unspecified atom stereocenters. The van der Waals surface area contributed by atoms with Crippen molar-refractivity contribution in [3.63, 3.8) is 0 Å². The van der Waals surface area contributed by atoms with Crippen LogP contribution in [0.1, 0.15) is 31.7 Å². The van der Waals surface area contributed by atoms with Crippen LogP contribution in [0.2, 0.25) is 0 Å². The fourth-order valence-electron chi connectivity index (χ4n) is 2.67. The SMILES string of the molecule is COc1ccc(C[C@H]2CCC[C@@H]2OC(C)=O)cc1. The second kappa shape index (κ2) is 5.89. The topological polar surface area (TPSA) is 35.5 Å². The van der Waals surface area contributed by atoms with E-state index in [-0.39, 0.29) is 12.1 Å². The van der Waals surface area contributed by atoms with Crippen molar-refractivity contribution >= 4 is 5.97 Å². The second-order valence-corrected chi connectivity index (χ2v) is 4.89. The number of carbonyl (C=O) groups excluding carboxylic acids is 1. The van der Waals surface area contributed by atoms with E-state index in [0.717, 1.165) is 31.4 Å². The quantitative estimate of drug-likeness (QED) is 0.768. The molecule has 0 spiro atoms. The van der Waals surface area contributed by atoms with E-state index in [1.807, 2.05) is 12.1 Å². The van der Waals surface area contributed by atoms with Crippen LogP contribution in [-0.4, -0.2) is 19.2 Å². The Morgan fingerprint density at radius 1 is 1.28 bits per heavy atom. The number of rotatable bonds is 4. The zero-order chi connectivity index (χ0) is 13.0. The van der Waals surface area contributed by atoms with E-state index in [1.54, 1.807) is 7.11 Å². The van der Waals surface area contributed by atoms with Crippen molar-refractivity contribution in [2.24, 2.45) is 5.92 Å². The monoisotopic (exact) mass is 248 g/mol. The maximum atomic E-state index is 11.0. The molecule has 1 aromatic rings. The number of esters is 1. The van der Waals surface area contributed by atoms with Crippen LogP contribution in [0.25, 0.3) is 0 Å². The lowest BCUT2D eigenvalue weighted by Gasteiger charge is -2.19. The van der Waals surface area contributed by atoms with E-state index >= 15 is 0 Å². The molecule has 1 aromatic carbocycles. The van der Waals surface area contributed by atoms with E-state index in [2.05, 4.69) is 12.1 Å². The van der Waals surface area contributed by atoms with Gasteiger partial charge in [0.05, 0.1) is 7.11 Å². The van der Waals surface area contributed by atoms with Gasteiger partial charge in [0.15, 0.2) is 0 Å². The van der Waals surface area contributed by atoms with Gasteiger partial charge in [-0.2, -0.15) is 0 Å². The highest BCUT2D eigenvalue weighted by atomic mass is 16.5. The lowest BCUT2D eigenvalue weighted by molar-refractivity contribution is -0.147. The summed E-state index contributed by atoms with van der Waals surface area (Å²) >= 11 is 0. The van der Waals surface area contributed by atoms with Crippen LogP contribution in [0, 0.1) is 5.92 Å². The van der Waals surface area contributed by atoms with Crippen LogP contribution < -0.4 is 4.74 Å². The Morgan fingerprint density at radius 2 is 2.00 bits per heavy atom. The summed E-state index contributed by atoms with van der Waals surface area (Å²) in [6.07, 6.45) is 4.37. The van der Waals surface area contributed by atoms with Gasteiger partial charge in [0.25, 0.3) is 0 Å².